The Morgan fingerprint density at radius 3 is 2.78 bits per heavy atom. The summed E-state index contributed by atoms with van der Waals surface area (Å²) in [6.07, 6.45) is -1.42. The van der Waals surface area contributed by atoms with E-state index in [1.165, 1.54) is 11.3 Å². The van der Waals surface area contributed by atoms with Crippen LogP contribution in [0.1, 0.15) is 17.5 Å². The molecule has 1 aromatic heterocycles. The monoisotopic (exact) mass is 336 g/mol. The van der Waals surface area contributed by atoms with Gasteiger partial charge in [0.15, 0.2) is 0 Å². The molecule has 9 heteroatoms. The van der Waals surface area contributed by atoms with Gasteiger partial charge in [-0.25, -0.2) is 4.79 Å². The summed E-state index contributed by atoms with van der Waals surface area (Å²) in [5, 5.41) is 32.8. The maximum atomic E-state index is 11.9. The third-order valence-electron chi connectivity index (χ3n) is 3.37. The van der Waals surface area contributed by atoms with Gasteiger partial charge in [0.1, 0.15) is 17.2 Å². The van der Waals surface area contributed by atoms with E-state index >= 15 is 0 Å². The van der Waals surface area contributed by atoms with Gasteiger partial charge >= 0.3 is 6.03 Å². The predicted molar refractivity (Wildman–Crippen MR) is 84.3 cm³/mol. The number of benzene rings is 1. The molecule has 8 nitrogen and oxygen atoms in total. The number of amides is 2. The highest BCUT2D eigenvalue weighted by atomic mass is 32.1. The van der Waals surface area contributed by atoms with E-state index in [2.05, 4.69) is 20.8 Å². The zero-order valence-corrected chi connectivity index (χ0v) is 12.9. The molecule has 3 atom stereocenters. The van der Waals surface area contributed by atoms with Crippen LogP contribution in [0.5, 0.6) is 0 Å². The molecule has 2 heterocycles. The molecule has 1 aromatic carbocycles. The standard InChI is InChI=1S/C14H16N4O4S/c19-7-11-9(20)6-10(22-11)12-17-18-14(23-12)16-13(21)15-8-4-2-1-3-5-8/h1-5,9-11,19-20H,6-7H2,(H2,15,16,18,21)/t9-,10-,11+/m0/s1. The van der Waals surface area contributed by atoms with Crippen LogP contribution in [0.25, 0.3) is 0 Å². The number of nitrogens with one attached hydrogen (secondary N) is 2. The van der Waals surface area contributed by atoms with Gasteiger partial charge in [-0.1, -0.05) is 29.5 Å². The van der Waals surface area contributed by atoms with Crippen molar-refractivity contribution < 1.29 is 19.7 Å². The van der Waals surface area contributed by atoms with Crippen molar-refractivity contribution in [3.05, 3.63) is 35.3 Å². The van der Waals surface area contributed by atoms with Crippen LogP contribution < -0.4 is 10.6 Å². The first-order valence-electron chi connectivity index (χ1n) is 7.06. The molecule has 1 aliphatic heterocycles. The Morgan fingerprint density at radius 2 is 2.09 bits per heavy atom. The third kappa shape index (κ3) is 3.82. The lowest BCUT2D eigenvalue weighted by molar-refractivity contribution is -0.0227. The number of aliphatic hydroxyl groups is 2. The molecule has 23 heavy (non-hydrogen) atoms. The average Bonchev–Trinajstić information content (AvgIpc) is 3.14. The topological polar surface area (TPSA) is 117 Å². The Kier molecular flexibility index (Phi) is 4.82. The normalized spacial score (nSPS) is 23.7. The van der Waals surface area contributed by atoms with E-state index in [4.69, 9.17) is 9.84 Å². The first-order valence-corrected chi connectivity index (χ1v) is 7.88. The minimum absolute atomic E-state index is 0.249. The van der Waals surface area contributed by atoms with E-state index in [9.17, 15) is 9.90 Å². The highest BCUT2D eigenvalue weighted by molar-refractivity contribution is 7.15. The van der Waals surface area contributed by atoms with Crippen LogP contribution in [0.2, 0.25) is 0 Å². The van der Waals surface area contributed by atoms with Gasteiger partial charge in [0, 0.05) is 12.1 Å². The summed E-state index contributed by atoms with van der Waals surface area (Å²) in [7, 11) is 0. The van der Waals surface area contributed by atoms with Crippen LogP contribution in [-0.4, -0.2) is 45.3 Å². The Morgan fingerprint density at radius 1 is 1.30 bits per heavy atom. The number of aromatic nitrogens is 2. The average molecular weight is 336 g/mol. The van der Waals surface area contributed by atoms with Gasteiger partial charge in [0.2, 0.25) is 5.13 Å². The molecular formula is C14H16N4O4S. The van der Waals surface area contributed by atoms with Crippen molar-refractivity contribution >= 4 is 28.2 Å². The number of hydrogen-bond acceptors (Lipinski definition) is 7. The first kappa shape index (κ1) is 15.8. The van der Waals surface area contributed by atoms with Crippen LogP contribution in [0, 0.1) is 0 Å². The largest absolute Gasteiger partial charge is 0.394 e. The lowest BCUT2D eigenvalue weighted by Crippen LogP contribution is -2.24. The second-order valence-corrected chi connectivity index (χ2v) is 6.05. The number of anilines is 2. The summed E-state index contributed by atoms with van der Waals surface area (Å²) in [5.74, 6) is 0. The molecular weight excluding hydrogens is 320 g/mol. The number of para-hydroxylation sites is 1. The van der Waals surface area contributed by atoms with Crippen molar-refractivity contribution in [2.75, 3.05) is 17.2 Å². The summed E-state index contributed by atoms with van der Waals surface area (Å²) in [5.41, 5.74) is 0.669. The summed E-state index contributed by atoms with van der Waals surface area (Å²) in [6.45, 7) is -0.249. The minimum atomic E-state index is -0.730. The van der Waals surface area contributed by atoms with E-state index in [-0.39, 0.29) is 6.61 Å². The predicted octanol–water partition coefficient (Wildman–Crippen LogP) is 1.37. The number of rotatable bonds is 4. The summed E-state index contributed by atoms with van der Waals surface area (Å²) in [4.78, 5) is 11.9. The van der Waals surface area contributed by atoms with Crippen molar-refractivity contribution in [3.8, 4) is 0 Å². The second-order valence-electron chi connectivity index (χ2n) is 5.04. The highest BCUT2D eigenvalue weighted by Gasteiger charge is 2.36. The molecule has 0 unspecified atom stereocenters. The van der Waals surface area contributed by atoms with Crippen LogP contribution >= 0.6 is 11.3 Å². The van der Waals surface area contributed by atoms with Gasteiger partial charge < -0.3 is 20.3 Å². The van der Waals surface area contributed by atoms with Crippen molar-refractivity contribution in [2.24, 2.45) is 0 Å². The molecule has 2 amide bonds. The highest BCUT2D eigenvalue weighted by Crippen LogP contribution is 2.35. The van der Waals surface area contributed by atoms with E-state index in [1.54, 1.807) is 12.1 Å². The zero-order chi connectivity index (χ0) is 16.2. The molecule has 0 bridgehead atoms. The van der Waals surface area contributed by atoms with E-state index in [0.29, 0.717) is 22.2 Å². The van der Waals surface area contributed by atoms with Crippen LogP contribution in [0.4, 0.5) is 15.6 Å². The number of carbonyl (C=O) groups is 1. The number of carbonyl (C=O) groups excluding carboxylic acids is 1. The fourth-order valence-electron chi connectivity index (χ4n) is 2.25. The number of hydrogen-bond donors (Lipinski definition) is 4. The molecule has 1 aliphatic rings. The number of urea groups is 1. The summed E-state index contributed by atoms with van der Waals surface area (Å²) >= 11 is 1.17. The van der Waals surface area contributed by atoms with Gasteiger partial charge in [0.25, 0.3) is 0 Å². The maximum Gasteiger partial charge on any atom is 0.325 e. The Bertz CT molecular complexity index is 666. The zero-order valence-electron chi connectivity index (χ0n) is 12.0. The lowest BCUT2D eigenvalue weighted by Gasteiger charge is -2.09. The number of ether oxygens (including phenoxy) is 1. The molecule has 0 saturated carbocycles. The molecule has 0 spiro atoms. The summed E-state index contributed by atoms with van der Waals surface area (Å²) < 4.78 is 5.50. The first-order chi connectivity index (χ1) is 11.2. The maximum absolute atomic E-state index is 11.9. The molecule has 3 rings (SSSR count). The van der Waals surface area contributed by atoms with Gasteiger partial charge in [-0.3, -0.25) is 5.32 Å². The molecule has 122 valence electrons. The van der Waals surface area contributed by atoms with Crippen molar-refractivity contribution in [3.63, 3.8) is 0 Å². The summed E-state index contributed by atoms with van der Waals surface area (Å²) in [6, 6.07) is 8.62. The van der Waals surface area contributed by atoms with Crippen LogP contribution in [0.15, 0.2) is 30.3 Å². The van der Waals surface area contributed by atoms with Gasteiger partial charge in [-0.15, -0.1) is 10.2 Å². The number of nitrogens with zero attached hydrogens (tertiary/aromatic N) is 2. The van der Waals surface area contributed by atoms with Crippen molar-refractivity contribution in [1.82, 2.24) is 10.2 Å². The molecule has 0 radical (unpaired) electrons. The molecule has 2 aromatic rings. The van der Waals surface area contributed by atoms with Crippen LogP contribution in [0.3, 0.4) is 0 Å². The van der Waals surface area contributed by atoms with Gasteiger partial charge in [0.05, 0.1) is 12.7 Å². The fourth-order valence-corrected chi connectivity index (χ4v) is 3.04. The molecule has 0 aliphatic carbocycles. The number of aliphatic hydroxyl groups excluding tert-OH is 2. The molecule has 1 fully saturated rings. The fraction of sp³-hybridized carbons (Fsp3) is 0.357. The van der Waals surface area contributed by atoms with Crippen molar-refractivity contribution in [2.45, 2.75) is 24.7 Å². The van der Waals surface area contributed by atoms with E-state index in [0.717, 1.165) is 0 Å². The Balaban J connectivity index is 1.58. The molecule has 4 N–H and O–H groups in total. The van der Waals surface area contributed by atoms with Gasteiger partial charge in [-0.05, 0) is 12.1 Å². The Hall–Kier alpha value is -2.07. The minimum Gasteiger partial charge on any atom is -0.394 e. The lowest BCUT2D eigenvalue weighted by atomic mass is 10.1. The second kappa shape index (κ2) is 7.01. The Labute approximate surface area is 136 Å². The SMILES string of the molecule is O=C(Nc1ccccc1)Nc1nnc([C@@H]2C[C@H](O)[C@@H](CO)O2)s1. The smallest absolute Gasteiger partial charge is 0.325 e. The van der Waals surface area contributed by atoms with Crippen molar-refractivity contribution in [1.29, 1.82) is 0 Å². The van der Waals surface area contributed by atoms with Crippen LogP contribution in [-0.2, 0) is 4.74 Å². The quantitative estimate of drug-likeness (QED) is 0.670. The third-order valence-corrected chi connectivity index (χ3v) is 4.30. The van der Waals surface area contributed by atoms with Gasteiger partial charge in [-0.2, -0.15) is 0 Å². The van der Waals surface area contributed by atoms with E-state index < -0.39 is 24.3 Å². The molecule has 1 saturated heterocycles. The van der Waals surface area contributed by atoms with E-state index in [1.807, 2.05) is 18.2 Å².